The van der Waals surface area contributed by atoms with Crippen molar-refractivity contribution in [3.05, 3.63) is 81.5 Å². The SMILES string of the molecule is CNC(=O)c1ccccc1NC(=O)c1cccc(S(=O)(=O)N2CCc3sccc3C2)c1. The van der Waals surface area contributed by atoms with E-state index in [1.165, 1.54) is 28.4 Å². The van der Waals surface area contributed by atoms with E-state index in [0.717, 1.165) is 5.56 Å². The number of carbonyl (C=O) groups excluding carboxylic acids is 2. The Kier molecular flexibility index (Phi) is 5.90. The van der Waals surface area contributed by atoms with Crippen LogP contribution in [0.1, 0.15) is 31.2 Å². The van der Waals surface area contributed by atoms with Crippen LogP contribution in [0.5, 0.6) is 0 Å². The Hall–Kier alpha value is -3.01. The van der Waals surface area contributed by atoms with Crippen LogP contribution in [0.15, 0.2) is 64.9 Å². The van der Waals surface area contributed by atoms with Crippen LogP contribution >= 0.6 is 11.3 Å². The second-order valence-electron chi connectivity index (χ2n) is 7.06. The number of nitrogens with zero attached hydrogens (tertiary/aromatic N) is 1. The van der Waals surface area contributed by atoms with Crippen LogP contribution in [-0.4, -0.2) is 38.1 Å². The molecule has 0 aliphatic carbocycles. The van der Waals surface area contributed by atoms with Gasteiger partial charge in [0.2, 0.25) is 10.0 Å². The Balaban J connectivity index is 1.58. The van der Waals surface area contributed by atoms with Gasteiger partial charge in [0.1, 0.15) is 0 Å². The van der Waals surface area contributed by atoms with Gasteiger partial charge in [-0.15, -0.1) is 11.3 Å². The van der Waals surface area contributed by atoms with Crippen molar-refractivity contribution in [2.24, 2.45) is 0 Å². The molecule has 3 aromatic rings. The van der Waals surface area contributed by atoms with E-state index in [1.807, 2.05) is 11.4 Å². The summed E-state index contributed by atoms with van der Waals surface area (Å²) >= 11 is 1.64. The molecule has 160 valence electrons. The number of rotatable bonds is 5. The van der Waals surface area contributed by atoms with Gasteiger partial charge in [-0.2, -0.15) is 4.31 Å². The topological polar surface area (TPSA) is 95.6 Å². The zero-order chi connectivity index (χ0) is 22.0. The second kappa shape index (κ2) is 8.62. The van der Waals surface area contributed by atoms with Gasteiger partial charge in [0.15, 0.2) is 0 Å². The van der Waals surface area contributed by atoms with Crippen molar-refractivity contribution in [2.75, 3.05) is 18.9 Å². The third-order valence-corrected chi connectivity index (χ3v) is 8.02. The van der Waals surface area contributed by atoms with Gasteiger partial charge < -0.3 is 10.6 Å². The summed E-state index contributed by atoms with van der Waals surface area (Å²) in [6, 6.07) is 14.5. The minimum absolute atomic E-state index is 0.0680. The van der Waals surface area contributed by atoms with E-state index in [1.54, 1.807) is 47.7 Å². The summed E-state index contributed by atoms with van der Waals surface area (Å²) in [7, 11) is -2.23. The fourth-order valence-corrected chi connectivity index (χ4v) is 5.85. The second-order valence-corrected chi connectivity index (χ2v) is 10.0. The van der Waals surface area contributed by atoms with Gasteiger partial charge >= 0.3 is 0 Å². The molecule has 0 unspecified atom stereocenters. The number of hydrogen-bond acceptors (Lipinski definition) is 5. The summed E-state index contributed by atoms with van der Waals surface area (Å²) in [4.78, 5) is 26.1. The van der Waals surface area contributed by atoms with Gasteiger partial charge in [-0.3, -0.25) is 9.59 Å². The monoisotopic (exact) mass is 455 g/mol. The van der Waals surface area contributed by atoms with Crippen molar-refractivity contribution in [3.8, 4) is 0 Å². The van der Waals surface area contributed by atoms with Crippen molar-refractivity contribution in [2.45, 2.75) is 17.9 Å². The largest absolute Gasteiger partial charge is 0.355 e. The third-order valence-electron chi connectivity index (χ3n) is 5.15. The number of nitrogens with one attached hydrogen (secondary N) is 2. The third kappa shape index (κ3) is 4.25. The Morgan fingerprint density at radius 1 is 1.03 bits per heavy atom. The highest BCUT2D eigenvalue weighted by molar-refractivity contribution is 7.89. The van der Waals surface area contributed by atoms with Crippen molar-refractivity contribution in [1.29, 1.82) is 0 Å². The highest BCUT2D eigenvalue weighted by Crippen LogP contribution is 2.28. The molecule has 1 aromatic heterocycles. The van der Waals surface area contributed by atoms with Gasteiger partial charge in [0.25, 0.3) is 11.8 Å². The summed E-state index contributed by atoms with van der Waals surface area (Å²) in [5, 5.41) is 7.21. The molecular formula is C22H21N3O4S2. The number of fused-ring (bicyclic) bond motifs is 1. The van der Waals surface area contributed by atoms with Crippen LogP contribution in [0.3, 0.4) is 0 Å². The predicted molar refractivity (Wildman–Crippen MR) is 120 cm³/mol. The van der Waals surface area contributed by atoms with Gasteiger partial charge in [0, 0.05) is 30.6 Å². The Morgan fingerprint density at radius 2 is 1.84 bits per heavy atom. The van der Waals surface area contributed by atoms with Crippen molar-refractivity contribution >= 4 is 38.9 Å². The highest BCUT2D eigenvalue weighted by Gasteiger charge is 2.29. The molecule has 1 aliphatic rings. The summed E-state index contributed by atoms with van der Waals surface area (Å²) in [5.41, 5.74) is 1.89. The molecular weight excluding hydrogens is 434 g/mol. The lowest BCUT2D eigenvalue weighted by Crippen LogP contribution is -2.35. The van der Waals surface area contributed by atoms with Crippen molar-refractivity contribution in [1.82, 2.24) is 9.62 Å². The van der Waals surface area contributed by atoms with Gasteiger partial charge in [0.05, 0.1) is 16.1 Å². The smallest absolute Gasteiger partial charge is 0.255 e. The molecule has 0 spiro atoms. The molecule has 0 radical (unpaired) electrons. The van der Waals surface area contributed by atoms with E-state index in [-0.39, 0.29) is 16.4 Å². The number of para-hydroxylation sites is 1. The van der Waals surface area contributed by atoms with E-state index in [4.69, 9.17) is 0 Å². The van der Waals surface area contributed by atoms with Gasteiger partial charge in [-0.1, -0.05) is 18.2 Å². The molecule has 2 aromatic carbocycles. The molecule has 0 fully saturated rings. The van der Waals surface area contributed by atoms with E-state index >= 15 is 0 Å². The first kappa shape index (κ1) is 21.2. The molecule has 0 bridgehead atoms. The van der Waals surface area contributed by atoms with Crippen molar-refractivity contribution < 1.29 is 18.0 Å². The first-order valence-corrected chi connectivity index (χ1v) is 12.0. The number of benzene rings is 2. The number of hydrogen-bond donors (Lipinski definition) is 2. The summed E-state index contributed by atoms with van der Waals surface area (Å²) < 4.78 is 27.8. The fraction of sp³-hybridized carbons (Fsp3) is 0.182. The maximum absolute atomic E-state index is 13.2. The Labute approximate surface area is 184 Å². The predicted octanol–water partition coefficient (Wildman–Crippen LogP) is 3.11. The lowest BCUT2D eigenvalue weighted by Gasteiger charge is -2.26. The first-order chi connectivity index (χ1) is 14.9. The minimum Gasteiger partial charge on any atom is -0.355 e. The van der Waals surface area contributed by atoms with Gasteiger partial charge in [-0.05, 0) is 53.8 Å². The lowest BCUT2D eigenvalue weighted by molar-refractivity contribution is 0.0964. The maximum Gasteiger partial charge on any atom is 0.255 e. The Bertz CT molecular complexity index is 1250. The first-order valence-electron chi connectivity index (χ1n) is 9.68. The van der Waals surface area contributed by atoms with Crippen LogP contribution in [0, 0.1) is 0 Å². The minimum atomic E-state index is -3.74. The molecule has 31 heavy (non-hydrogen) atoms. The molecule has 2 N–H and O–H groups in total. The maximum atomic E-state index is 13.2. The van der Waals surface area contributed by atoms with E-state index in [9.17, 15) is 18.0 Å². The zero-order valence-corrected chi connectivity index (χ0v) is 18.4. The van der Waals surface area contributed by atoms with Crippen LogP contribution in [0.25, 0.3) is 0 Å². The van der Waals surface area contributed by atoms with Crippen LogP contribution in [0.2, 0.25) is 0 Å². The molecule has 0 saturated carbocycles. The van der Waals surface area contributed by atoms with Crippen LogP contribution in [0.4, 0.5) is 5.69 Å². The number of carbonyl (C=O) groups is 2. The molecule has 7 nitrogen and oxygen atoms in total. The molecule has 4 rings (SSSR count). The molecule has 2 heterocycles. The number of sulfonamides is 1. The normalized spacial score (nSPS) is 14.0. The Morgan fingerprint density at radius 3 is 2.65 bits per heavy atom. The molecule has 9 heteroatoms. The van der Waals surface area contributed by atoms with Crippen molar-refractivity contribution in [3.63, 3.8) is 0 Å². The fourth-order valence-electron chi connectivity index (χ4n) is 3.49. The summed E-state index contributed by atoms with van der Waals surface area (Å²) in [6.45, 7) is 0.739. The number of amides is 2. The number of anilines is 1. The van der Waals surface area contributed by atoms with Crippen LogP contribution < -0.4 is 10.6 Å². The number of thiophene rings is 1. The zero-order valence-electron chi connectivity index (χ0n) is 16.8. The molecule has 1 aliphatic heterocycles. The average Bonchev–Trinajstić information content (AvgIpc) is 3.27. The average molecular weight is 456 g/mol. The highest BCUT2D eigenvalue weighted by atomic mass is 32.2. The summed E-state index contributed by atoms with van der Waals surface area (Å²) in [5.74, 6) is -0.822. The standard InChI is InChI=1S/C22H21N3O4S2/c1-23-22(27)18-7-2-3-8-19(18)24-21(26)15-5-4-6-17(13-15)31(28,29)25-11-9-20-16(14-25)10-12-30-20/h2-8,10,12-13H,9,11,14H2,1H3,(H,23,27)(H,24,26). The molecule has 0 saturated heterocycles. The van der Waals surface area contributed by atoms with E-state index in [0.29, 0.717) is 30.8 Å². The van der Waals surface area contributed by atoms with E-state index in [2.05, 4.69) is 10.6 Å². The van der Waals surface area contributed by atoms with Gasteiger partial charge in [-0.25, -0.2) is 8.42 Å². The quantitative estimate of drug-likeness (QED) is 0.618. The lowest BCUT2D eigenvalue weighted by atomic mass is 10.1. The van der Waals surface area contributed by atoms with Crippen LogP contribution in [-0.2, 0) is 23.0 Å². The van der Waals surface area contributed by atoms with E-state index < -0.39 is 15.9 Å². The summed E-state index contributed by atoms with van der Waals surface area (Å²) in [6.07, 6.45) is 0.683. The molecule has 0 atom stereocenters. The molecule has 2 amide bonds.